The van der Waals surface area contributed by atoms with Gasteiger partial charge in [-0.25, -0.2) is 0 Å². The molecule has 2 aliphatic carbocycles. The third-order valence-electron chi connectivity index (χ3n) is 7.23. The molecule has 0 amide bonds. The molecule has 6 heteroatoms. The number of fused-ring (bicyclic) bond motifs is 1. The number of phenols is 3. The summed E-state index contributed by atoms with van der Waals surface area (Å²) in [5.74, 6) is -1.69. The molecule has 4 unspecified atom stereocenters. The minimum Gasteiger partial charge on any atom is -0.507 e. The van der Waals surface area contributed by atoms with Gasteiger partial charge < -0.3 is 20.4 Å². The largest absolute Gasteiger partial charge is 0.507 e. The van der Waals surface area contributed by atoms with Crippen LogP contribution in [0.5, 0.6) is 17.2 Å². The molecular formula is C23H30O6. The maximum Gasteiger partial charge on any atom is 0.157 e. The van der Waals surface area contributed by atoms with E-state index in [4.69, 9.17) is 0 Å². The molecule has 158 valence electrons. The summed E-state index contributed by atoms with van der Waals surface area (Å²) >= 11 is 0. The Morgan fingerprint density at radius 3 is 2.03 bits per heavy atom. The lowest BCUT2D eigenvalue weighted by molar-refractivity contribution is 0.0183. The third-order valence-corrected chi connectivity index (χ3v) is 7.23. The number of aldehydes is 2. The van der Waals surface area contributed by atoms with Crippen LogP contribution in [0.3, 0.4) is 0 Å². The summed E-state index contributed by atoms with van der Waals surface area (Å²) < 4.78 is 0. The van der Waals surface area contributed by atoms with Crippen LogP contribution in [0, 0.1) is 17.3 Å². The fraction of sp³-hybridized carbons (Fsp3) is 0.565. The van der Waals surface area contributed by atoms with Crippen LogP contribution in [0.2, 0.25) is 0 Å². The molecule has 0 aromatic heterocycles. The molecule has 0 bridgehead atoms. The number of carbonyl (C=O) groups excluding carboxylic acids is 2. The molecule has 4 N–H and O–H groups in total. The smallest absolute Gasteiger partial charge is 0.157 e. The molecule has 2 aliphatic rings. The number of allylic oxidation sites excluding steroid dienone is 1. The molecule has 4 atom stereocenters. The summed E-state index contributed by atoms with van der Waals surface area (Å²) in [6, 6.07) is 0. The van der Waals surface area contributed by atoms with Crippen LogP contribution in [0.4, 0.5) is 0 Å². The van der Waals surface area contributed by atoms with Crippen molar-refractivity contribution in [1.82, 2.24) is 0 Å². The summed E-state index contributed by atoms with van der Waals surface area (Å²) in [5.41, 5.74) is -0.700. The van der Waals surface area contributed by atoms with Crippen molar-refractivity contribution in [2.75, 3.05) is 0 Å². The van der Waals surface area contributed by atoms with E-state index in [1.165, 1.54) is 5.57 Å². The van der Waals surface area contributed by atoms with E-state index >= 15 is 0 Å². The van der Waals surface area contributed by atoms with Gasteiger partial charge in [0.1, 0.15) is 17.2 Å². The van der Waals surface area contributed by atoms with Gasteiger partial charge in [0, 0.05) is 17.4 Å². The Bertz CT molecular complexity index is 843. The van der Waals surface area contributed by atoms with Crippen molar-refractivity contribution in [3.05, 3.63) is 28.3 Å². The second kappa shape index (κ2) is 7.17. The highest BCUT2D eigenvalue weighted by atomic mass is 16.3. The average Bonchev–Trinajstić information content (AvgIpc) is 2.63. The van der Waals surface area contributed by atoms with Crippen LogP contribution < -0.4 is 0 Å². The number of hydrogen-bond donors (Lipinski definition) is 4. The Hall–Kier alpha value is -2.34. The monoisotopic (exact) mass is 402 g/mol. The first kappa shape index (κ1) is 21.4. The van der Waals surface area contributed by atoms with Gasteiger partial charge in [0.15, 0.2) is 12.6 Å². The van der Waals surface area contributed by atoms with Crippen LogP contribution in [0.25, 0.3) is 0 Å². The summed E-state index contributed by atoms with van der Waals surface area (Å²) in [6.07, 6.45) is 5.67. The van der Waals surface area contributed by atoms with Crippen LogP contribution in [-0.2, 0) is 0 Å². The molecule has 0 saturated heterocycles. The molecule has 1 saturated carbocycles. The molecule has 3 rings (SSSR count). The molecule has 29 heavy (non-hydrogen) atoms. The van der Waals surface area contributed by atoms with E-state index in [2.05, 4.69) is 19.9 Å². The number of aromatic hydroxyl groups is 3. The minimum absolute atomic E-state index is 0.00450. The number of rotatable bonds is 4. The number of phenolic OH excluding ortho intramolecular Hbond substituents is 3. The number of aliphatic hydroxyl groups is 1. The number of carbonyl (C=O) groups is 2. The minimum atomic E-state index is -0.848. The molecule has 0 radical (unpaired) electrons. The molecule has 1 aromatic rings. The van der Waals surface area contributed by atoms with Crippen molar-refractivity contribution in [3.63, 3.8) is 0 Å². The Morgan fingerprint density at radius 2 is 1.55 bits per heavy atom. The highest BCUT2D eigenvalue weighted by Gasteiger charge is 2.49. The first-order valence-corrected chi connectivity index (χ1v) is 10.1. The van der Waals surface area contributed by atoms with Crippen LogP contribution in [0.1, 0.15) is 85.6 Å². The third kappa shape index (κ3) is 3.23. The quantitative estimate of drug-likeness (QED) is 0.446. The first-order valence-electron chi connectivity index (χ1n) is 10.1. The molecule has 6 nitrogen and oxygen atoms in total. The fourth-order valence-electron chi connectivity index (χ4n) is 5.43. The maximum atomic E-state index is 11.5. The van der Waals surface area contributed by atoms with Gasteiger partial charge in [0.2, 0.25) is 0 Å². The SMILES string of the molecule is CC1CCC(c2c(O)c(C=O)c(O)c(C=O)c2O)C2(C)CCC(C(C)(C)O)C=C12. The fourth-order valence-corrected chi connectivity index (χ4v) is 5.43. The predicted molar refractivity (Wildman–Crippen MR) is 109 cm³/mol. The second-order valence-electron chi connectivity index (χ2n) is 9.39. The Kier molecular flexibility index (Phi) is 5.28. The molecule has 1 fully saturated rings. The van der Waals surface area contributed by atoms with E-state index in [1.54, 1.807) is 13.8 Å². The summed E-state index contributed by atoms with van der Waals surface area (Å²) in [5, 5.41) is 42.1. The zero-order valence-corrected chi connectivity index (χ0v) is 17.4. The molecule has 0 spiro atoms. The van der Waals surface area contributed by atoms with Crippen molar-refractivity contribution in [1.29, 1.82) is 0 Å². The van der Waals surface area contributed by atoms with Gasteiger partial charge in [-0.2, -0.15) is 0 Å². The van der Waals surface area contributed by atoms with E-state index in [1.807, 2.05) is 0 Å². The van der Waals surface area contributed by atoms with E-state index in [-0.39, 0.29) is 34.4 Å². The lowest BCUT2D eigenvalue weighted by Gasteiger charge is -2.51. The maximum absolute atomic E-state index is 11.5. The molecular weight excluding hydrogens is 372 g/mol. The first-order chi connectivity index (χ1) is 13.5. The van der Waals surface area contributed by atoms with Crippen molar-refractivity contribution < 1.29 is 30.0 Å². The standard InChI is InChI=1S/C23H30O6/c1-12-5-6-16(23(4)8-7-13(9-17(12)23)22(2,3)29)18-20(27)14(10-24)19(26)15(11-25)21(18)28/h9-13,16,26-29H,5-8H2,1-4H3. The topological polar surface area (TPSA) is 115 Å². The van der Waals surface area contributed by atoms with Gasteiger partial charge in [-0.1, -0.05) is 25.5 Å². The van der Waals surface area contributed by atoms with E-state index in [0.29, 0.717) is 19.0 Å². The van der Waals surface area contributed by atoms with E-state index < -0.39 is 28.3 Å². The summed E-state index contributed by atoms with van der Waals surface area (Å²) in [7, 11) is 0. The lowest BCUT2D eigenvalue weighted by Crippen LogP contribution is -2.42. The zero-order chi connectivity index (χ0) is 21.7. The second-order valence-corrected chi connectivity index (χ2v) is 9.39. The lowest BCUT2D eigenvalue weighted by atomic mass is 9.53. The molecule has 1 aromatic carbocycles. The van der Waals surface area contributed by atoms with Gasteiger partial charge in [-0.15, -0.1) is 0 Å². The Morgan fingerprint density at radius 1 is 1.00 bits per heavy atom. The summed E-state index contributed by atoms with van der Waals surface area (Å²) in [4.78, 5) is 22.9. The van der Waals surface area contributed by atoms with Crippen molar-refractivity contribution in [2.45, 2.75) is 64.9 Å². The van der Waals surface area contributed by atoms with Crippen molar-refractivity contribution >= 4 is 12.6 Å². The Balaban J connectivity index is 2.21. The van der Waals surface area contributed by atoms with Crippen LogP contribution in [0.15, 0.2) is 11.6 Å². The molecule has 0 aliphatic heterocycles. The Labute approximate surface area is 170 Å². The van der Waals surface area contributed by atoms with Gasteiger partial charge in [0.25, 0.3) is 0 Å². The van der Waals surface area contributed by atoms with Gasteiger partial charge in [0.05, 0.1) is 16.7 Å². The van der Waals surface area contributed by atoms with Gasteiger partial charge in [-0.3, -0.25) is 9.59 Å². The number of benzene rings is 1. The number of hydrogen-bond acceptors (Lipinski definition) is 6. The van der Waals surface area contributed by atoms with E-state index in [0.717, 1.165) is 19.3 Å². The van der Waals surface area contributed by atoms with Gasteiger partial charge >= 0.3 is 0 Å². The van der Waals surface area contributed by atoms with E-state index in [9.17, 15) is 30.0 Å². The highest BCUT2D eigenvalue weighted by Crippen LogP contribution is 2.61. The molecule has 0 heterocycles. The average molecular weight is 402 g/mol. The van der Waals surface area contributed by atoms with Crippen LogP contribution in [-0.4, -0.2) is 38.6 Å². The zero-order valence-electron chi connectivity index (χ0n) is 17.4. The van der Waals surface area contributed by atoms with Gasteiger partial charge in [-0.05, 0) is 50.9 Å². The normalized spacial score (nSPS) is 29.7. The van der Waals surface area contributed by atoms with Crippen LogP contribution >= 0.6 is 0 Å². The highest BCUT2D eigenvalue weighted by molar-refractivity contribution is 5.95. The van der Waals surface area contributed by atoms with Crippen molar-refractivity contribution in [2.24, 2.45) is 17.3 Å². The summed E-state index contributed by atoms with van der Waals surface area (Å²) in [6.45, 7) is 7.81. The van der Waals surface area contributed by atoms with Crippen molar-refractivity contribution in [3.8, 4) is 17.2 Å². The predicted octanol–water partition coefficient (Wildman–Crippen LogP) is 4.06.